The van der Waals surface area contributed by atoms with E-state index in [4.69, 9.17) is 5.26 Å². The maximum Gasteiger partial charge on any atom is 0.158 e. The predicted molar refractivity (Wildman–Crippen MR) is 82.1 cm³/mol. The molecule has 1 aromatic heterocycles. The van der Waals surface area contributed by atoms with Crippen LogP contribution in [-0.2, 0) is 6.54 Å². The van der Waals surface area contributed by atoms with Gasteiger partial charge in [0.15, 0.2) is 5.69 Å². The van der Waals surface area contributed by atoms with Crippen molar-refractivity contribution in [2.24, 2.45) is 0 Å². The van der Waals surface area contributed by atoms with Crippen LogP contribution in [0.3, 0.4) is 0 Å². The van der Waals surface area contributed by atoms with E-state index >= 15 is 0 Å². The van der Waals surface area contributed by atoms with Crippen LogP contribution in [0.4, 0.5) is 11.5 Å². The molecule has 1 aromatic carbocycles. The quantitative estimate of drug-likeness (QED) is 0.801. The molecule has 1 unspecified atom stereocenters. The van der Waals surface area contributed by atoms with Crippen molar-refractivity contribution in [3.8, 4) is 6.07 Å². The van der Waals surface area contributed by atoms with Gasteiger partial charge in [-0.3, -0.25) is 0 Å². The number of hydrogen-bond acceptors (Lipinski definition) is 5. The van der Waals surface area contributed by atoms with Crippen molar-refractivity contribution in [3.05, 3.63) is 47.9 Å². The standard InChI is InChI=1S/C16H17N5/c1-12-10-20(2)15-6-4-3-5-13(15)11-21(12)16-9-18-14(7-17)8-19-16/h3-6,8-9,12H,10-11H2,1-2H3. The molecular formula is C16H17N5. The van der Waals surface area contributed by atoms with E-state index in [0.29, 0.717) is 11.7 Å². The van der Waals surface area contributed by atoms with Gasteiger partial charge in [-0.25, -0.2) is 9.97 Å². The summed E-state index contributed by atoms with van der Waals surface area (Å²) in [5.41, 5.74) is 2.88. The number of likely N-dealkylation sites (N-methyl/N-ethyl adjacent to an activating group) is 1. The van der Waals surface area contributed by atoms with Gasteiger partial charge in [0, 0.05) is 31.9 Å². The SMILES string of the molecule is CC1CN(C)c2ccccc2CN1c1cnc(C#N)cn1. The molecule has 0 aliphatic carbocycles. The number of rotatable bonds is 1. The Hall–Kier alpha value is -2.61. The number of benzene rings is 1. The lowest BCUT2D eigenvalue weighted by atomic mass is 10.1. The van der Waals surface area contributed by atoms with Crippen LogP contribution >= 0.6 is 0 Å². The van der Waals surface area contributed by atoms with Crippen molar-refractivity contribution >= 4 is 11.5 Å². The van der Waals surface area contributed by atoms with Gasteiger partial charge in [-0.15, -0.1) is 0 Å². The van der Waals surface area contributed by atoms with Crippen LogP contribution in [0.5, 0.6) is 0 Å². The molecule has 1 aliphatic rings. The summed E-state index contributed by atoms with van der Waals surface area (Å²) in [6.07, 6.45) is 3.21. The Labute approximate surface area is 124 Å². The first-order valence-electron chi connectivity index (χ1n) is 6.97. The van der Waals surface area contributed by atoms with E-state index in [1.165, 1.54) is 17.4 Å². The normalized spacial score (nSPS) is 17.9. The first-order valence-corrected chi connectivity index (χ1v) is 6.97. The molecule has 1 aliphatic heterocycles. The van der Waals surface area contributed by atoms with Crippen LogP contribution in [0.15, 0.2) is 36.7 Å². The number of hydrogen-bond donors (Lipinski definition) is 0. The topological polar surface area (TPSA) is 56.0 Å². The zero-order valence-corrected chi connectivity index (χ0v) is 12.2. The van der Waals surface area contributed by atoms with Crippen molar-refractivity contribution in [3.63, 3.8) is 0 Å². The highest BCUT2D eigenvalue weighted by Crippen LogP contribution is 2.28. The van der Waals surface area contributed by atoms with Gasteiger partial charge in [-0.1, -0.05) is 18.2 Å². The third-order valence-corrected chi connectivity index (χ3v) is 3.86. The molecule has 0 bridgehead atoms. The van der Waals surface area contributed by atoms with Crippen LogP contribution in [0.1, 0.15) is 18.2 Å². The molecule has 0 spiro atoms. The summed E-state index contributed by atoms with van der Waals surface area (Å²) in [7, 11) is 2.11. The summed E-state index contributed by atoms with van der Waals surface area (Å²) in [5.74, 6) is 0.812. The summed E-state index contributed by atoms with van der Waals surface area (Å²) in [5, 5.41) is 8.83. The summed E-state index contributed by atoms with van der Waals surface area (Å²) in [4.78, 5) is 13.0. The van der Waals surface area contributed by atoms with E-state index in [1.807, 2.05) is 6.07 Å². The van der Waals surface area contributed by atoms with Gasteiger partial charge in [0.25, 0.3) is 0 Å². The monoisotopic (exact) mass is 279 g/mol. The largest absolute Gasteiger partial charge is 0.372 e. The first-order chi connectivity index (χ1) is 10.2. The minimum absolute atomic E-state index is 0.310. The highest BCUT2D eigenvalue weighted by atomic mass is 15.3. The number of anilines is 2. The fraction of sp³-hybridized carbons (Fsp3) is 0.312. The first kappa shape index (κ1) is 13.4. The molecule has 0 saturated carbocycles. The molecule has 2 aromatic rings. The van der Waals surface area contributed by atoms with Gasteiger partial charge in [-0.05, 0) is 18.6 Å². The maximum absolute atomic E-state index is 8.83. The van der Waals surface area contributed by atoms with Crippen molar-refractivity contribution in [1.82, 2.24) is 9.97 Å². The molecule has 0 radical (unpaired) electrons. The average molecular weight is 279 g/mol. The highest BCUT2D eigenvalue weighted by Gasteiger charge is 2.24. The van der Waals surface area contributed by atoms with Crippen LogP contribution in [-0.4, -0.2) is 29.6 Å². The van der Waals surface area contributed by atoms with Crippen LogP contribution in [0, 0.1) is 11.3 Å². The summed E-state index contributed by atoms with van der Waals surface area (Å²) in [6.45, 7) is 3.89. The second-order valence-electron chi connectivity index (χ2n) is 5.36. The average Bonchev–Trinajstić information content (AvgIpc) is 2.64. The lowest BCUT2D eigenvalue weighted by Gasteiger charge is -2.29. The number of nitrogens with zero attached hydrogens (tertiary/aromatic N) is 5. The van der Waals surface area contributed by atoms with Crippen molar-refractivity contribution in [2.75, 3.05) is 23.4 Å². The predicted octanol–water partition coefficient (Wildman–Crippen LogP) is 2.19. The van der Waals surface area contributed by atoms with Crippen LogP contribution in [0.2, 0.25) is 0 Å². The third kappa shape index (κ3) is 2.52. The third-order valence-electron chi connectivity index (χ3n) is 3.86. The molecule has 0 amide bonds. The molecule has 5 heteroatoms. The minimum atomic E-state index is 0.310. The van der Waals surface area contributed by atoms with Gasteiger partial charge >= 0.3 is 0 Å². The molecule has 21 heavy (non-hydrogen) atoms. The van der Waals surface area contributed by atoms with Crippen molar-refractivity contribution in [1.29, 1.82) is 5.26 Å². The Morgan fingerprint density at radius 1 is 1.24 bits per heavy atom. The van der Waals surface area contributed by atoms with Gasteiger partial charge < -0.3 is 9.80 Å². The smallest absolute Gasteiger partial charge is 0.158 e. The maximum atomic E-state index is 8.83. The molecule has 3 rings (SSSR count). The van der Waals surface area contributed by atoms with E-state index in [0.717, 1.165) is 18.9 Å². The number of fused-ring (bicyclic) bond motifs is 1. The van der Waals surface area contributed by atoms with Gasteiger partial charge in [0.1, 0.15) is 11.9 Å². The second kappa shape index (κ2) is 5.41. The van der Waals surface area contributed by atoms with E-state index in [2.05, 4.69) is 58.0 Å². The van der Waals surface area contributed by atoms with E-state index in [9.17, 15) is 0 Å². The van der Waals surface area contributed by atoms with E-state index in [1.54, 1.807) is 6.20 Å². The fourth-order valence-electron chi connectivity index (χ4n) is 2.78. The van der Waals surface area contributed by atoms with Crippen LogP contribution < -0.4 is 9.80 Å². The van der Waals surface area contributed by atoms with E-state index in [-0.39, 0.29) is 0 Å². The summed E-state index contributed by atoms with van der Waals surface area (Å²) in [6, 6.07) is 10.7. The number of para-hydroxylation sites is 1. The molecular weight excluding hydrogens is 262 g/mol. The lowest BCUT2D eigenvalue weighted by Crippen LogP contribution is -2.38. The Bertz CT molecular complexity index is 674. The molecule has 106 valence electrons. The Morgan fingerprint density at radius 2 is 2.05 bits per heavy atom. The van der Waals surface area contributed by atoms with Gasteiger partial charge in [0.2, 0.25) is 0 Å². The molecule has 5 nitrogen and oxygen atoms in total. The molecule has 0 saturated heterocycles. The number of aromatic nitrogens is 2. The zero-order valence-electron chi connectivity index (χ0n) is 12.2. The molecule has 1 atom stereocenters. The highest BCUT2D eigenvalue weighted by molar-refractivity contribution is 5.57. The summed E-state index contributed by atoms with van der Waals surface area (Å²) < 4.78 is 0. The van der Waals surface area contributed by atoms with Crippen LogP contribution in [0.25, 0.3) is 0 Å². The Morgan fingerprint density at radius 3 is 2.76 bits per heavy atom. The molecule has 0 N–H and O–H groups in total. The van der Waals surface area contributed by atoms with Gasteiger partial charge in [-0.2, -0.15) is 5.26 Å². The molecule has 0 fully saturated rings. The van der Waals surface area contributed by atoms with E-state index < -0.39 is 0 Å². The Kier molecular flexibility index (Phi) is 3.44. The van der Waals surface area contributed by atoms with Crippen molar-refractivity contribution < 1.29 is 0 Å². The summed E-state index contributed by atoms with van der Waals surface area (Å²) >= 11 is 0. The van der Waals surface area contributed by atoms with Gasteiger partial charge in [0.05, 0.1) is 12.4 Å². The fourth-order valence-corrected chi connectivity index (χ4v) is 2.78. The zero-order chi connectivity index (χ0) is 14.8. The lowest BCUT2D eigenvalue weighted by molar-refractivity contribution is 0.635. The number of nitriles is 1. The van der Waals surface area contributed by atoms with Crippen molar-refractivity contribution in [2.45, 2.75) is 19.5 Å². The molecule has 2 heterocycles. The Balaban J connectivity index is 1.97. The minimum Gasteiger partial charge on any atom is -0.372 e. The second-order valence-corrected chi connectivity index (χ2v) is 5.36.